The minimum Gasteiger partial charge on any atom is -0.492 e. The van der Waals surface area contributed by atoms with E-state index >= 15 is 0 Å². The fourth-order valence-corrected chi connectivity index (χ4v) is 1.91. The quantitative estimate of drug-likeness (QED) is 0.782. The van der Waals surface area contributed by atoms with Gasteiger partial charge in [-0.05, 0) is 0 Å². The second kappa shape index (κ2) is 6.59. The van der Waals surface area contributed by atoms with Crippen LogP contribution in [0.3, 0.4) is 0 Å². The van der Waals surface area contributed by atoms with Crippen molar-refractivity contribution < 1.29 is 23.7 Å². The lowest BCUT2D eigenvalue weighted by molar-refractivity contribution is 0.288. The molecule has 0 aliphatic carbocycles. The van der Waals surface area contributed by atoms with Gasteiger partial charge in [0.05, 0.1) is 53.6 Å². The lowest BCUT2D eigenvalue weighted by Crippen LogP contribution is -2.04. The van der Waals surface area contributed by atoms with Crippen LogP contribution in [0, 0.1) is 11.3 Å². The molecule has 0 fully saturated rings. The topological polar surface area (TPSA) is 69.9 Å². The average Bonchev–Trinajstić information content (AvgIpc) is 2.45. The minimum atomic E-state index is 0.100. The number of nitrogens with zero attached hydrogens (tertiary/aromatic N) is 1. The van der Waals surface area contributed by atoms with Gasteiger partial charge in [0.15, 0.2) is 11.5 Å². The maximum Gasteiger partial charge on any atom is 0.211 e. The molecular formula is C13H17NO5. The average molecular weight is 267 g/mol. The van der Waals surface area contributed by atoms with Gasteiger partial charge in [0, 0.05) is 0 Å². The number of hydrogen-bond donors (Lipinski definition) is 0. The third kappa shape index (κ3) is 2.45. The summed E-state index contributed by atoms with van der Waals surface area (Å²) in [7, 11) is 7.45. The van der Waals surface area contributed by atoms with E-state index in [1.165, 1.54) is 35.5 Å². The van der Waals surface area contributed by atoms with Crippen LogP contribution in [0.25, 0.3) is 0 Å². The Morgan fingerprint density at radius 3 is 1.26 bits per heavy atom. The summed E-state index contributed by atoms with van der Waals surface area (Å²) in [5.74, 6) is 1.90. The van der Waals surface area contributed by atoms with Crippen molar-refractivity contribution in [3.05, 3.63) is 5.56 Å². The maximum atomic E-state index is 8.94. The number of hydrogen-bond acceptors (Lipinski definition) is 6. The molecule has 0 aromatic heterocycles. The van der Waals surface area contributed by atoms with Crippen molar-refractivity contribution in [1.82, 2.24) is 0 Å². The molecule has 0 saturated heterocycles. The summed E-state index contributed by atoms with van der Waals surface area (Å²) in [6.45, 7) is 0. The van der Waals surface area contributed by atoms with Crippen LogP contribution in [-0.2, 0) is 6.42 Å². The number of nitriles is 1. The molecule has 104 valence electrons. The summed E-state index contributed by atoms with van der Waals surface area (Å²) < 4.78 is 26.5. The number of benzene rings is 1. The third-order valence-electron chi connectivity index (χ3n) is 2.65. The van der Waals surface area contributed by atoms with E-state index in [4.69, 9.17) is 28.9 Å². The molecule has 19 heavy (non-hydrogen) atoms. The van der Waals surface area contributed by atoms with E-state index in [2.05, 4.69) is 6.07 Å². The lowest BCUT2D eigenvalue weighted by Gasteiger charge is -2.21. The molecule has 1 rings (SSSR count). The lowest BCUT2D eigenvalue weighted by atomic mass is 10.1. The highest BCUT2D eigenvalue weighted by atomic mass is 16.6. The Kier molecular flexibility index (Phi) is 5.12. The summed E-state index contributed by atoms with van der Waals surface area (Å²) >= 11 is 0. The molecule has 0 bridgehead atoms. The first-order valence-electron chi connectivity index (χ1n) is 5.49. The predicted octanol–water partition coefficient (Wildman–Crippen LogP) is 1.80. The second-order valence-corrected chi connectivity index (χ2v) is 3.48. The van der Waals surface area contributed by atoms with Crippen LogP contribution in [0.1, 0.15) is 5.56 Å². The normalized spacial score (nSPS) is 9.47. The van der Waals surface area contributed by atoms with Crippen LogP contribution in [-0.4, -0.2) is 35.5 Å². The summed E-state index contributed by atoms with van der Waals surface area (Å²) in [5, 5.41) is 8.94. The standard InChI is InChI=1S/C13H17NO5/c1-15-9-8(6-7-14)10(16-2)12(18-4)13(19-5)11(9)17-3/h6H2,1-5H3. The van der Waals surface area contributed by atoms with Gasteiger partial charge in [-0.2, -0.15) is 5.26 Å². The Morgan fingerprint density at radius 1 is 0.684 bits per heavy atom. The summed E-state index contributed by atoms with van der Waals surface area (Å²) in [5.41, 5.74) is 0.557. The minimum absolute atomic E-state index is 0.100. The fourth-order valence-electron chi connectivity index (χ4n) is 1.91. The molecule has 6 heteroatoms. The van der Waals surface area contributed by atoms with Gasteiger partial charge in [0.25, 0.3) is 0 Å². The van der Waals surface area contributed by atoms with E-state index in [1.54, 1.807) is 0 Å². The molecule has 0 N–H and O–H groups in total. The molecule has 0 atom stereocenters. The third-order valence-corrected chi connectivity index (χ3v) is 2.65. The molecule has 1 aromatic rings. The molecule has 0 aliphatic heterocycles. The highest BCUT2D eigenvalue weighted by Crippen LogP contribution is 2.53. The van der Waals surface area contributed by atoms with Gasteiger partial charge in [-0.1, -0.05) is 0 Å². The molecule has 0 saturated carbocycles. The van der Waals surface area contributed by atoms with E-state index in [1.807, 2.05) is 0 Å². The van der Waals surface area contributed by atoms with Gasteiger partial charge in [0.2, 0.25) is 17.2 Å². The Hall–Kier alpha value is -2.29. The van der Waals surface area contributed by atoms with Crippen LogP contribution in [0.15, 0.2) is 0 Å². The van der Waals surface area contributed by atoms with Crippen molar-refractivity contribution in [2.24, 2.45) is 0 Å². The van der Waals surface area contributed by atoms with Crippen LogP contribution in [0.5, 0.6) is 28.7 Å². The molecule has 0 amide bonds. The van der Waals surface area contributed by atoms with Crippen molar-refractivity contribution in [2.75, 3.05) is 35.5 Å². The zero-order chi connectivity index (χ0) is 14.4. The SMILES string of the molecule is COc1c(CC#N)c(OC)c(OC)c(OC)c1OC. The van der Waals surface area contributed by atoms with Crippen molar-refractivity contribution in [3.8, 4) is 34.8 Å². The van der Waals surface area contributed by atoms with E-state index < -0.39 is 0 Å². The van der Waals surface area contributed by atoms with Gasteiger partial charge in [0.1, 0.15) is 0 Å². The van der Waals surface area contributed by atoms with Gasteiger partial charge in [-0.25, -0.2) is 0 Å². The molecule has 0 heterocycles. The van der Waals surface area contributed by atoms with Crippen molar-refractivity contribution in [2.45, 2.75) is 6.42 Å². The maximum absolute atomic E-state index is 8.94. The number of ether oxygens (including phenoxy) is 5. The monoisotopic (exact) mass is 267 g/mol. The first-order valence-corrected chi connectivity index (χ1v) is 5.49. The summed E-state index contributed by atoms with van der Waals surface area (Å²) in [4.78, 5) is 0. The Balaban J connectivity index is 3.75. The zero-order valence-electron chi connectivity index (χ0n) is 11.7. The Bertz CT molecular complexity index is 460. The molecule has 0 radical (unpaired) electrons. The molecule has 6 nitrogen and oxygen atoms in total. The first-order chi connectivity index (χ1) is 9.19. The van der Waals surface area contributed by atoms with Crippen molar-refractivity contribution in [3.63, 3.8) is 0 Å². The van der Waals surface area contributed by atoms with E-state index in [0.29, 0.717) is 34.3 Å². The van der Waals surface area contributed by atoms with Crippen LogP contribution in [0.4, 0.5) is 0 Å². The Morgan fingerprint density at radius 2 is 1.00 bits per heavy atom. The molecule has 0 aliphatic rings. The van der Waals surface area contributed by atoms with Crippen LogP contribution >= 0.6 is 0 Å². The predicted molar refractivity (Wildman–Crippen MR) is 68.5 cm³/mol. The van der Waals surface area contributed by atoms with Crippen LogP contribution < -0.4 is 23.7 Å². The fraction of sp³-hybridized carbons (Fsp3) is 0.462. The number of rotatable bonds is 6. The molecule has 0 spiro atoms. The van der Waals surface area contributed by atoms with E-state index in [-0.39, 0.29) is 6.42 Å². The van der Waals surface area contributed by atoms with Gasteiger partial charge in [-0.3, -0.25) is 0 Å². The van der Waals surface area contributed by atoms with Gasteiger partial charge in [-0.15, -0.1) is 0 Å². The Labute approximate surface area is 112 Å². The van der Waals surface area contributed by atoms with Crippen molar-refractivity contribution >= 4 is 0 Å². The molecular weight excluding hydrogens is 250 g/mol. The summed E-state index contributed by atoms with van der Waals surface area (Å²) in [6.07, 6.45) is 0.100. The molecule has 0 unspecified atom stereocenters. The van der Waals surface area contributed by atoms with E-state index in [0.717, 1.165) is 0 Å². The van der Waals surface area contributed by atoms with Gasteiger partial charge < -0.3 is 23.7 Å². The largest absolute Gasteiger partial charge is 0.492 e. The smallest absolute Gasteiger partial charge is 0.211 e. The van der Waals surface area contributed by atoms with Crippen LogP contribution in [0.2, 0.25) is 0 Å². The van der Waals surface area contributed by atoms with Crippen molar-refractivity contribution in [1.29, 1.82) is 5.26 Å². The first kappa shape index (κ1) is 14.8. The highest BCUT2D eigenvalue weighted by Gasteiger charge is 2.27. The van der Waals surface area contributed by atoms with Gasteiger partial charge >= 0.3 is 0 Å². The van der Waals surface area contributed by atoms with E-state index in [9.17, 15) is 0 Å². The zero-order valence-corrected chi connectivity index (χ0v) is 11.7. The number of methoxy groups -OCH3 is 5. The second-order valence-electron chi connectivity index (χ2n) is 3.48. The highest BCUT2D eigenvalue weighted by molar-refractivity contribution is 5.70. The molecule has 1 aromatic carbocycles. The summed E-state index contributed by atoms with van der Waals surface area (Å²) in [6, 6.07) is 2.06.